The van der Waals surface area contributed by atoms with Gasteiger partial charge in [-0.3, -0.25) is 4.79 Å². The number of rotatable bonds is 2. The third kappa shape index (κ3) is 2.37. The van der Waals surface area contributed by atoms with Crippen molar-refractivity contribution in [3.05, 3.63) is 47.4 Å². The molecule has 0 spiro atoms. The highest BCUT2D eigenvalue weighted by Gasteiger charge is 2.29. The smallest absolute Gasteiger partial charge is 0.267 e. The average Bonchev–Trinajstić information content (AvgIpc) is 2.85. The number of amides is 1. The average molecular weight is 276 g/mol. The Labute approximate surface area is 114 Å². The number of hydrogen-bond donors (Lipinski definition) is 1. The molecule has 1 aromatic heterocycles. The highest BCUT2D eigenvalue weighted by Crippen LogP contribution is 2.28. The van der Waals surface area contributed by atoms with E-state index >= 15 is 0 Å². The monoisotopic (exact) mass is 275 g/mol. The molecule has 5 nitrogen and oxygen atoms in total. The van der Waals surface area contributed by atoms with E-state index in [9.17, 15) is 4.79 Å². The van der Waals surface area contributed by atoms with Gasteiger partial charge in [0.15, 0.2) is 17.1 Å². The number of nitrogens with one attached hydrogen (secondary N) is 1. The molecule has 0 radical (unpaired) electrons. The molecule has 2 aromatic rings. The molecule has 1 amide bonds. The number of aromatic nitrogens is 2. The van der Waals surface area contributed by atoms with Gasteiger partial charge in [-0.25, -0.2) is 9.97 Å². The second-order valence-corrected chi connectivity index (χ2v) is 4.46. The van der Waals surface area contributed by atoms with Gasteiger partial charge in [-0.05, 0) is 11.6 Å². The molecule has 1 N–H and O–H groups in total. The Bertz CT molecular complexity index is 608. The summed E-state index contributed by atoms with van der Waals surface area (Å²) in [5.41, 5.74) is 1.02. The zero-order chi connectivity index (χ0) is 13.2. The Hall–Kier alpha value is -2.14. The van der Waals surface area contributed by atoms with E-state index in [0.29, 0.717) is 6.42 Å². The van der Waals surface area contributed by atoms with Crippen LogP contribution in [0.5, 0.6) is 5.75 Å². The Morgan fingerprint density at radius 2 is 2.11 bits per heavy atom. The summed E-state index contributed by atoms with van der Waals surface area (Å²) in [6.45, 7) is 0. The van der Waals surface area contributed by atoms with Crippen molar-refractivity contribution in [3.63, 3.8) is 0 Å². The molecule has 96 valence electrons. The summed E-state index contributed by atoms with van der Waals surface area (Å²) in [5.74, 6) is 0.709. The predicted molar refractivity (Wildman–Crippen MR) is 70.2 cm³/mol. The third-order valence-corrected chi connectivity index (χ3v) is 3.11. The number of anilines is 1. The number of halogens is 1. The van der Waals surface area contributed by atoms with Crippen LogP contribution in [0.25, 0.3) is 0 Å². The summed E-state index contributed by atoms with van der Waals surface area (Å²) in [7, 11) is 0. The lowest BCUT2D eigenvalue weighted by atomic mass is 10.1. The lowest BCUT2D eigenvalue weighted by Crippen LogP contribution is -2.31. The molecule has 19 heavy (non-hydrogen) atoms. The first-order chi connectivity index (χ1) is 9.24. The lowest BCUT2D eigenvalue weighted by molar-refractivity contribution is -0.122. The molecule has 0 bridgehead atoms. The maximum Gasteiger partial charge on any atom is 0.267 e. The van der Waals surface area contributed by atoms with E-state index in [1.807, 2.05) is 24.3 Å². The van der Waals surface area contributed by atoms with Gasteiger partial charge in [0.25, 0.3) is 5.91 Å². The number of hydrogen-bond acceptors (Lipinski definition) is 4. The predicted octanol–water partition coefficient (Wildman–Crippen LogP) is 2.07. The van der Waals surface area contributed by atoms with E-state index < -0.39 is 6.10 Å². The first-order valence-corrected chi connectivity index (χ1v) is 6.14. The maximum atomic E-state index is 12.1. The summed E-state index contributed by atoms with van der Waals surface area (Å²) < 4.78 is 5.58. The molecular formula is C13H10ClN3O2. The van der Waals surface area contributed by atoms with Crippen LogP contribution in [0.4, 0.5) is 5.82 Å². The van der Waals surface area contributed by atoms with Crippen molar-refractivity contribution in [2.75, 3.05) is 5.32 Å². The minimum absolute atomic E-state index is 0.159. The normalized spacial score (nSPS) is 16.6. The zero-order valence-electron chi connectivity index (χ0n) is 9.84. The summed E-state index contributed by atoms with van der Waals surface area (Å²) in [6, 6.07) is 7.58. The van der Waals surface area contributed by atoms with Crippen LogP contribution in [0, 0.1) is 0 Å². The van der Waals surface area contributed by atoms with Gasteiger partial charge in [-0.1, -0.05) is 29.8 Å². The molecule has 1 aliphatic rings. The summed E-state index contributed by atoms with van der Waals surface area (Å²) in [5, 5.41) is 2.78. The molecule has 3 rings (SSSR count). The van der Waals surface area contributed by atoms with Gasteiger partial charge in [-0.15, -0.1) is 0 Å². The van der Waals surface area contributed by atoms with E-state index in [1.54, 1.807) is 0 Å². The molecule has 6 heteroatoms. The van der Waals surface area contributed by atoms with E-state index in [0.717, 1.165) is 11.3 Å². The highest BCUT2D eigenvalue weighted by atomic mass is 35.5. The Balaban J connectivity index is 1.72. The van der Waals surface area contributed by atoms with E-state index in [4.69, 9.17) is 16.3 Å². The minimum atomic E-state index is -0.560. The van der Waals surface area contributed by atoms with Crippen molar-refractivity contribution in [3.8, 4) is 5.75 Å². The number of carbonyl (C=O) groups excluding carboxylic acids is 1. The van der Waals surface area contributed by atoms with Crippen LogP contribution in [0.3, 0.4) is 0 Å². The fourth-order valence-corrected chi connectivity index (χ4v) is 2.08. The van der Waals surface area contributed by atoms with E-state index in [2.05, 4.69) is 15.3 Å². The standard InChI is InChI=1S/C13H10ClN3O2/c14-11-12(16-6-5-15-11)17-13(18)10-7-8-3-1-2-4-9(8)19-10/h1-6,10H,7H2,(H,16,17,18). The molecule has 2 heterocycles. The maximum absolute atomic E-state index is 12.1. The number of carbonyl (C=O) groups is 1. The first kappa shape index (κ1) is 11.9. The van der Waals surface area contributed by atoms with Gasteiger partial charge >= 0.3 is 0 Å². The van der Waals surface area contributed by atoms with E-state index in [-0.39, 0.29) is 16.9 Å². The van der Waals surface area contributed by atoms with E-state index in [1.165, 1.54) is 12.4 Å². The number of nitrogens with zero attached hydrogens (tertiary/aromatic N) is 2. The second-order valence-electron chi connectivity index (χ2n) is 4.10. The van der Waals surface area contributed by atoms with Crippen molar-refractivity contribution in [2.24, 2.45) is 0 Å². The molecule has 1 aliphatic heterocycles. The fraction of sp³-hybridized carbons (Fsp3) is 0.154. The van der Waals surface area contributed by atoms with Gasteiger partial charge < -0.3 is 10.1 Å². The third-order valence-electron chi connectivity index (χ3n) is 2.83. The molecule has 1 unspecified atom stereocenters. The van der Waals surface area contributed by atoms with Crippen LogP contribution < -0.4 is 10.1 Å². The molecule has 0 fully saturated rings. The van der Waals surface area contributed by atoms with Gasteiger partial charge in [0.05, 0.1) is 0 Å². The van der Waals surface area contributed by atoms with Crippen LogP contribution in [-0.4, -0.2) is 22.0 Å². The number of benzene rings is 1. The summed E-state index contributed by atoms with van der Waals surface area (Å²) >= 11 is 5.84. The minimum Gasteiger partial charge on any atom is -0.480 e. The largest absolute Gasteiger partial charge is 0.480 e. The number of ether oxygens (including phenoxy) is 1. The van der Waals surface area contributed by atoms with Crippen LogP contribution in [0.2, 0.25) is 5.15 Å². The van der Waals surface area contributed by atoms with Crippen LogP contribution >= 0.6 is 11.6 Å². The molecule has 0 saturated heterocycles. The van der Waals surface area contributed by atoms with Crippen molar-refractivity contribution < 1.29 is 9.53 Å². The van der Waals surface area contributed by atoms with Crippen molar-refractivity contribution in [1.82, 2.24) is 9.97 Å². The quantitative estimate of drug-likeness (QED) is 0.911. The van der Waals surface area contributed by atoms with Gasteiger partial charge in [0.1, 0.15) is 5.75 Å². The SMILES string of the molecule is O=C(Nc1nccnc1Cl)C1Cc2ccccc2O1. The van der Waals surface area contributed by atoms with Crippen LogP contribution in [0.15, 0.2) is 36.7 Å². The molecular weight excluding hydrogens is 266 g/mol. The Kier molecular flexibility index (Phi) is 3.05. The fourth-order valence-electron chi connectivity index (χ4n) is 1.93. The van der Waals surface area contributed by atoms with Crippen molar-refractivity contribution >= 4 is 23.3 Å². The first-order valence-electron chi connectivity index (χ1n) is 5.76. The molecule has 0 saturated carbocycles. The van der Waals surface area contributed by atoms with Gasteiger partial charge in [0.2, 0.25) is 0 Å². The number of fused-ring (bicyclic) bond motifs is 1. The Morgan fingerprint density at radius 1 is 1.32 bits per heavy atom. The highest BCUT2D eigenvalue weighted by molar-refractivity contribution is 6.32. The summed E-state index contributed by atoms with van der Waals surface area (Å²) in [6.07, 6.45) is 2.90. The van der Waals surface area contributed by atoms with Crippen LogP contribution in [-0.2, 0) is 11.2 Å². The molecule has 1 aromatic carbocycles. The van der Waals surface area contributed by atoms with Gasteiger partial charge in [0, 0.05) is 18.8 Å². The van der Waals surface area contributed by atoms with Gasteiger partial charge in [-0.2, -0.15) is 0 Å². The van der Waals surface area contributed by atoms with Crippen LogP contribution in [0.1, 0.15) is 5.56 Å². The Morgan fingerprint density at radius 3 is 2.89 bits per heavy atom. The zero-order valence-corrected chi connectivity index (χ0v) is 10.6. The number of para-hydroxylation sites is 1. The molecule has 1 atom stereocenters. The van der Waals surface area contributed by atoms with Crippen molar-refractivity contribution in [1.29, 1.82) is 0 Å². The topological polar surface area (TPSA) is 64.1 Å². The molecule has 0 aliphatic carbocycles. The summed E-state index contributed by atoms with van der Waals surface area (Å²) in [4.78, 5) is 19.9. The van der Waals surface area contributed by atoms with Crippen molar-refractivity contribution in [2.45, 2.75) is 12.5 Å². The lowest BCUT2D eigenvalue weighted by Gasteiger charge is -2.11. The second kappa shape index (κ2) is 4.85.